The van der Waals surface area contributed by atoms with Crippen LogP contribution >= 0.6 is 0 Å². The zero-order valence-electron chi connectivity index (χ0n) is 14.1. The molecule has 1 saturated heterocycles. The second-order valence-corrected chi connectivity index (χ2v) is 5.95. The predicted octanol–water partition coefficient (Wildman–Crippen LogP) is 2.60. The Labute approximate surface area is 156 Å². The Bertz CT molecular complexity index is 1230. The van der Waals surface area contributed by atoms with Gasteiger partial charge in [0.1, 0.15) is 23.2 Å². The first kappa shape index (κ1) is 17.3. The van der Waals surface area contributed by atoms with Crippen LogP contribution in [0.4, 0.5) is 14.9 Å². The molecule has 0 radical (unpaired) electrons. The van der Waals surface area contributed by atoms with Crippen molar-refractivity contribution in [3.63, 3.8) is 0 Å². The van der Waals surface area contributed by atoms with Crippen LogP contribution in [0.15, 0.2) is 69.6 Å². The quantitative estimate of drug-likeness (QED) is 0.546. The minimum absolute atomic E-state index is 0.0226. The van der Waals surface area contributed by atoms with Crippen molar-refractivity contribution in [2.24, 2.45) is 0 Å². The van der Waals surface area contributed by atoms with Gasteiger partial charge in [-0.25, -0.2) is 14.1 Å². The van der Waals surface area contributed by atoms with Crippen molar-refractivity contribution in [1.29, 1.82) is 0 Å². The highest BCUT2D eigenvalue weighted by Crippen LogP contribution is 2.22. The highest BCUT2D eigenvalue weighted by molar-refractivity contribution is 6.39. The Kier molecular flexibility index (Phi) is 4.08. The van der Waals surface area contributed by atoms with Gasteiger partial charge in [-0.15, -0.1) is 0 Å². The van der Waals surface area contributed by atoms with Gasteiger partial charge in [0.25, 0.3) is 11.8 Å². The fraction of sp³-hybridized carbons (Fsp3) is 0. The number of hydrogen-bond acceptors (Lipinski definition) is 5. The first-order valence-corrected chi connectivity index (χ1v) is 8.13. The van der Waals surface area contributed by atoms with Crippen LogP contribution in [0, 0.1) is 5.82 Å². The van der Waals surface area contributed by atoms with Gasteiger partial charge in [0.2, 0.25) is 0 Å². The molecule has 7 nitrogen and oxygen atoms in total. The standard InChI is InChI=1S/C20H11FN2O5/c21-12-5-7-13(8-6-12)23-19(26)15(18(25)22-20(23)27)9-11-10-28-16-4-2-1-3-14(16)17(11)24/h1-10H,(H,22,25,27)/b15-9+. The lowest BCUT2D eigenvalue weighted by molar-refractivity contribution is -0.122. The molecule has 0 unspecified atom stereocenters. The molecule has 0 spiro atoms. The van der Waals surface area contributed by atoms with Crippen molar-refractivity contribution in [1.82, 2.24) is 5.32 Å². The number of halogens is 1. The van der Waals surface area contributed by atoms with E-state index >= 15 is 0 Å². The Morgan fingerprint density at radius 1 is 0.964 bits per heavy atom. The topological polar surface area (TPSA) is 96.7 Å². The maximum atomic E-state index is 13.1. The van der Waals surface area contributed by atoms with Crippen molar-refractivity contribution in [2.75, 3.05) is 4.90 Å². The van der Waals surface area contributed by atoms with E-state index in [1.54, 1.807) is 24.3 Å². The third-order valence-corrected chi connectivity index (χ3v) is 4.19. The molecule has 4 amide bonds. The molecule has 0 bridgehead atoms. The summed E-state index contributed by atoms with van der Waals surface area (Å²) in [6.07, 6.45) is 2.20. The Morgan fingerprint density at radius 2 is 1.68 bits per heavy atom. The molecule has 1 fully saturated rings. The number of nitrogens with one attached hydrogen (secondary N) is 1. The van der Waals surface area contributed by atoms with E-state index in [0.29, 0.717) is 10.5 Å². The Balaban J connectivity index is 1.80. The molecule has 0 atom stereocenters. The summed E-state index contributed by atoms with van der Waals surface area (Å²) in [6, 6.07) is 10.2. The zero-order valence-corrected chi connectivity index (χ0v) is 14.1. The molecule has 3 aromatic rings. The summed E-state index contributed by atoms with van der Waals surface area (Å²) < 4.78 is 18.5. The summed E-state index contributed by atoms with van der Waals surface area (Å²) in [7, 11) is 0. The van der Waals surface area contributed by atoms with Gasteiger partial charge in [0.05, 0.1) is 16.6 Å². The second kappa shape index (κ2) is 6.58. The van der Waals surface area contributed by atoms with Gasteiger partial charge < -0.3 is 4.42 Å². The Hall–Kier alpha value is -4.07. The fourth-order valence-electron chi connectivity index (χ4n) is 2.83. The van der Waals surface area contributed by atoms with Crippen molar-refractivity contribution in [2.45, 2.75) is 0 Å². The molecule has 1 N–H and O–H groups in total. The van der Waals surface area contributed by atoms with E-state index in [4.69, 9.17) is 4.42 Å². The lowest BCUT2D eigenvalue weighted by Gasteiger charge is -2.26. The number of fused-ring (bicyclic) bond motifs is 1. The van der Waals surface area contributed by atoms with Crippen LogP contribution in [0.3, 0.4) is 0 Å². The summed E-state index contributed by atoms with van der Waals surface area (Å²) in [5, 5.41) is 2.32. The zero-order chi connectivity index (χ0) is 19.8. The molecule has 2 aromatic carbocycles. The molecule has 0 aliphatic carbocycles. The van der Waals surface area contributed by atoms with Crippen molar-refractivity contribution < 1.29 is 23.2 Å². The van der Waals surface area contributed by atoms with E-state index in [-0.39, 0.29) is 16.6 Å². The van der Waals surface area contributed by atoms with E-state index in [1.165, 1.54) is 12.1 Å². The van der Waals surface area contributed by atoms with Gasteiger partial charge in [-0.2, -0.15) is 0 Å². The smallest absolute Gasteiger partial charge is 0.335 e. The summed E-state index contributed by atoms with van der Waals surface area (Å²) in [5.74, 6) is -2.43. The number of carbonyl (C=O) groups excluding carboxylic acids is 3. The lowest BCUT2D eigenvalue weighted by atomic mass is 10.1. The van der Waals surface area contributed by atoms with Gasteiger partial charge in [0.15, 0.2) is 5.43 Å². The van der Waals surface area contributed by atoms with Gasteiger partial charge in [-0.3, -0.25) is 19.7 Å². The molecule has 2 heterocycles. The van der Waals surface area contributed by atoms with Gasteiger partial charge in [-0.1, -0.05) is 12.1 Å². The maximum Gasteiger partial charge on any atom is 0.335 e. The van der Waals surface area contributed by atoms with Crippen molar-refractivity contribution >= 4 is 40.6 Å². The van der Waals surface area contributed by atoms with Crippen molar-refractivity contribution in [3.8, 4) is 0 Å². The monoisotopic (exact) mass is 378 g/mol. The number of rotatable bonds is 2. The van der Waals surface area contributed by atoms with Crippen LogP contribution in [0.1, 0.15) is 5.56 Å². The van der Waals surface area contributed by atoms with Crippen LogP contribution in [-0.2, 0) is 9.59 Å². The number of urea groups is 1. The third-order valence-electron chi connectivity index (χ3n) is 4.19. The van der Waals surface area contributed by atoms with E-state index < -0.39 is 34.7 Å². The second-order valence-electron chi connectivity index (χ2n) is 5.95. The third kappa shape index (κ3) is 2.86. The number of barbiturate groups is 1. The normalized spacial score (nSPS) is 16.0. The molecule has 1 aliphatic heterocycles. The summed E-state index contributed by atoms with van der Waals surface area (Å²) in [4.78, 5) is 50.3. The van der Waals surface area contributed by atoms with Crippen LogP contribution in [-0.4, -0.2) is 17.8 Å². The number of anilines is 1. The minimum Gasteiger partial charge on any atom is -0.463 e. The molecule has 1 aliphatic rings. The largest absolute Gasteiger partial charge is 0.463 e. The molecule has 1 aromatic heterocycles. The lowest BCUT2D eigenvalue weighted by Crippen LogP contribution is -2.54. The fourth-order valence-corrected chi connectivity index (χ4v) is 2.83. The van der Waals surface area contributed by atoms with Gasteiger partial charge in [0, 0.05) is 0 Å². The summed E-state index contributed by atoms with van der Waals surface area (Å²) >= 11 is 0. The van der Waals surface area contributed by atoms with Crippen molar-refractivity contribution in [3.05, 3.63) is 82.0 Å². The highest BCUT2D eigenvalue weighted by atomic mass is 19.1. The van der Waals surface area contributed by atoms with Crippen LogP contribution in [0.5, 0.6) is 0 Å². The first-order valence-electron chi connectivity index (χ1n) is 8.13. The van der Waals surface area contributed by atoms with E-state index in [2.05, 4.69) is 0 Å². The first-order chi connectivity index (χ1) is 13.5. The number of carbonyl (C=O) groups is 3. The van der Waals surface area contributed by atoms with Gasteiger partial charge >= 0.3 is 6.03 Å². The van der Waals surface area contributed by atoms with Gasteiger partial charge in [-0.05, 0) is 42.5 Å². The molecule has 28 heavy (non-hydrogen) atoms. The average molecular weight is 378 g/mol. The molecular formula is C20H11FN2O5. The number of nitrogens with zero attached hydrogens (tertiary/aromatic N) is 1. The van der Waals surface area contributed by atoms with E-state index in [9.17, 15) is 23.6 Å². The van der Waals surface area contributed by atoms with Crippen LogP contribution in [0.25, 0.3) is 17.0 Å². The molecular weight excluding hydrogens is 367 g/mol. The SMILES string of the molecule is O=C1NC(=O)N(c2ccc(F)cc2)C(=O)/C1=C/c1coc2ccccc2c1=O. The van der Waals surface area contributed by atoms with Crippen LogP contribution < -0.4 is 15.6 Å². The molecule has 138 valence electrons. The predicted molar refractivity (Wildman–Crippen MR) is 97.9 cm³/mol. The van der Waals surface area contributed by atoms with E-state index in [0.717, 1.165) is 24.5 Å². The number of amides is 4. The summed E-state index contributed by atoms with van der Waals surface area (Å²) in [6.45, 7) is 0. The highest BCUT2D eigenvalue weighted by Gasteiger charge is 2.37. The maximum absolute atomic E-state index is 13.1. The summed E-state index contributed by atoms with van der Waals surface area (Å²) in [5.41, 5.74) is -0.442. The average Bonchev–Trinajstić information content (AvgIpc) is 2.68. The minimum atomic E-state index is -0.968. The molecule has 0 saturated carbocycles. The van der Waals surface area contributed by atoms with Crippen LogP contribution in [0.2, 0.25) is 0 Å². The molecule has 8 heteroatoms. The molecule has 4 rings (SSSR count). The number of benzene rings is 2. The number of imide groups is 2. The Morgan fingerprint density at radius 3 is 2.43 bits per heavy atom. The van der Waals surface area contributed by atoms with E-state index in [1.807, 2.05) is 5.32 Å². The number of para-hydroxylation sites is 1. The number of hydrogen-bond donors (Lipinski definition) is 1.